The second-order valence-electron chi connectivity index (χ2n) is 4.70. The number of nitrogens with zero attached hydrogens (tertiary/aromatic N) is 2. The summed E-state index contributed by atoms with van der Waals surface area (Å²) in [5, 5.41) is 6.76. The number of carbonyl (C=O) groups is 1. The number of thiazole rings is 1. The van der Waals surface area contributed by atoms with Gasteiger partial charge in [-0.15, -0.1) is 0 Å². The number of aromatic nitrogens is 2. The number of carbonyl (C=O) groups excluding carboxylic acids is 1. The molecule has 1 fully saturated rings. The number of anilines is 3. The Labute approximate surface area is 120 Å². The third kappa shape index (κ3) is 2.72. The second kappa shape index (κ2) is 5.46. The van der Waals surface area contributed by atoms with Crippen molar-refractivity contribution in [3.05, 3.63) is 29.4 Å². The minimum atomic E-state index is -0.255. The van der Waals surface area contributed by atoms with E-state index >= 15 is 0 Å². The third-order valence-corrected chi connectivity index (χ3v) is 4.21. The lowest BCUT2D eigenvalue weighted by Crippen LogP contribution is -2.26. The summed E-state index contributed by atoms with van der Waals surface area (Å²) in [5.41, 5.74) is 6.45. The van der Waals surface area contributed by atoms with Crippen molar-refractivity contribution in [2.45, 2.75) is 25.3 Å². The highest BCUT2D eigenvalue weighted by atomic mass is 32.1. The number of nitrogen functional groups attached to an aromatic ring is 1. The molecular weight excluding hydrogens is 274 g/mol. The van der Waals surface area contributed by atoms with Crippen LogP contribution >= 0.6 is 11.3 Å². The van der Waals surface area contributed by atoms with Gasteiger partial charge in [0.05, 0.1) is 11.9 Å². The van der Waals surface area contributed by atoms with Gasteiger partial charge in [0.1, 0.15) is 10.7 Å². The van der Waals surface area contributed by atoms with Crippen molar-refractivity contribution in [3.63, 3.8) is 0 Å². The molecule has 6 nitrogen and oxygen atoms in total. The van der Waals surface area contributed by atoms with Crippen molar-refractivity contribution in [1.82, 2.24) is 9.97 Å². The molecule has 1 amide bonds. The van der Waals surface area contributed by atoms with E-state index < -0.39 is 0 Å². The van der Waals surface area contributed by atoms with Crippen LogP contribution in [0.25, 0.3) is 0 Å². The van der Waals surface area contributed by atoms with Crippen LogP contribution in [-0.4, -0.2) is 21.9 Å². The predicted octanol–water partition coefficient (Wildman–Crippen LogP) is 2.34. The Hall–Kier alpha value is -2.15. The fraction of sp³-hybridized carbons (Fsp3) is 0.308. The molecule has 2 aromatic heterocycles. The van der Waals surface area contributed by atoms with Crippen molar-refractivity contribution in [3.8, 4) is 0 Å². The van der Waals surface area contributed by atoms with Crippen LogP contribution in [0.5, 0.6) is 0 Å². The number of amides is 1. The fourth-order valence-corrected chi connectivity index (χ4v) is 2.77. The first-order chi connectivity index (χ1) is 9.72. The van der Waals surface area contributed by atoms with Crippen LogP contribution < -0.4 is 16.4 Å². The van der Waals surface area contributed by atoms with E-state index in [4.69, 9.17) is 5.73 Å². The summed E-state index contributed by atoms with van der Waals surface area (Å²) in [6.07, 6.45) is 6.78. The van der Waals surface area contributed by atoms with Crippen LogP contribution in [0.3, 0.4) is 0 Å². The highest BCUT2D eigenvalue weighted by Crippen LogP contribution is 2.29. The fourth-order valence-electron chi connectivity index (χ4n) is 1.91. The molecule has 7 heteroatoms. The molecule has 20 heavy (non-hydrogen) atoms. The van der Waals surface area contributed by atoms with Gasteiger partial charge < -0.3 is 16.4 Å². The molecule has 1 aliphatic rings. The van der Waals surface area contributed by atoms with Crippen LogP contribution in [0.15, 0.2) is 24.5 Å². The molecule has 4 N–H and O–H groups in total. The van der Waals surface area contributed by atoms with Gasteiger partial charge in [0.2, 0.25) is 0 Å². The minimum absolute atomic E-state index is 0.255. The third-order valence-electron chi connectivity index (χ3n) is 3.21. The first kappa shape index (κ1) is 12.9. The zero-order valence-corrected chi connectivity index (χ0v) is 11.6. The number of rotatable bonds is 4. The highest BCUT2D eigenvalue weighted by molar-refractivity contribution is 7.18. The Morgan fingerprint density at radius 1 is 1.45 bits per heavy atom. The lowest BCUT2D eigenvalue weighted by atomic mass is 9.93. The highest BCUT2D eigenvalue weighted by Gasteiger charge is 2.21. The van der Waals surface area contributed by atoms with Crippen LogP contribution in [-0.2, 0) is 0 Å². The van der Waals surface area contributed by atoms with Crippen molar-refractivity contribution in [1.29, 1.82) is 0 Å². The Kier molecular flexibility index (Phi) is 3.51. The van der Waals surface area contributed by atoms with Gasteiger partial charge in [-0.3, -0.25) is 9.78 Å². The molecular formula is C13H15N5OS. The summed E-state index contributed by atoms with van der Waals surface area (Å²) >= 11 is 1.28. The average molecular weight is 289 g/mol. The topological polar surface area (TPSA) is 92.9 Å². The maximum absolute atomic E-state index is 12.1. The SMILES string of the molecule is Nc1nc(NC2CCC2)sc1C(=O)Nc1cccnc1. The molecule has 3 rings (SSSR count). The van der Waals surface area contributed by atoms with Gasteiger partial charge in [0, 0.05) is 12.2 Å². The molecule has 104 valence electrons. The minimum Gasteiger partial charge on any atom is -0.382 e. The number of nitrogens with two attached hydrogens (primary N) is 1. The molecule has 0 bridgehead atoms. The average Bonchev–Trinajstić information content (AvgIpc) is 2.76. The zero-order valence-electron chi connectivity index (χ0n) is 10.8. The maximum Gasteiger partial charge on any atom is 0.269 e. The zero-order chi connectivity index (χ0) is 13.9. The Morgan fingerprint density at radius 3 is 2.95 bits per heavy atom. The molecule has 1 saturated carbocycles. The summed E-state index contributed by atoms with van der Waals surface area (Å²) in [7, 11) is 0. The molecule has 2 aromatic rings. The quantitative estimate of drug-likeness (QED) is 0.803. The van der Waals surface area contributed by atoms with E-state index in [1.807, 2.05) is 0 Å². The first-order valence-electron chi connectivity index (χ1n) is 6.46. The largest absolute Gasteiger partial charge is 0.382 e. The van der Waals surface area contributed by atoms with Gasteiger partial charge in [0.15, 0.2) is 5.13 Å². The van der Waals surface area contributed by atoms with Crippen LogP contribution in [0.1, 0.15) is 28.9 Å². The molecule has 1 aliphatic carbocycles. The van der Waals surface area contributed by atoms with Gasteiger partial charge in [-0.25, -0.2) is 4.98 Å². The van der Waals surface area contributed by atoms with E-state index in [0.717, 1.165) is 12.8 Å². The van der Waals surface area contributed by atoms with E-state index in [1.165, 1.54) is 17.8 Å². The van der Waals surface area contributed by atoms with Gasteiger partial charge in [-0.2, -0.15) is 0 Å². The van der Waals surface area contributed by atoms with E-state index in [0.29, 0.717) is 21.7 Å². The monoisotopic (exact) mass is 289 g/mol. The van der Waals surface area contributed by atoms with Gasteiger partial charge in [-0.05, 0) is 31.4 Å². The molecule has 0 unspecified atom stereocenters. The number of hydrogen-bond donors (Lipinski definition) is 3. The second-order valence-corrected chi connectivity index (χ2v) is 5.70. The lowest BCUT2D eigenvalue weighted by Gasteiger charge is -2.25. The maximum atomic E-state index is 12.1. The van der Waals surface area contributed by atoms with Crippen molar-refractivity contribution in [2.75, 3.05) is 16.4 Å². The number of pyridine rings is 1. The molecule has 0 atom stereocenters. The van der Waals surface area contributed by atoms with Crippen LogP contribution in [0.4, 0.5) is 16.6 Å². The Morgan fingerprint density at radius 2 is 2.30 bits per heavy atom. The number of hydrogen-bond acceptors (Lipinski definition) is 6. The Bertz CT molecular complexity index is 608. The molecule has 0 aliphatic heterocycles. The van der Waals surface area contributed by atoms with Crippen LogP contribution in [0.2, 0.25) is 0 Å². The summed E-state index contributed by atoms with van der Waals surface area (Å²) in [6.45, 7) is 0. The molecule has 0 radical (unpaired) electrons. The Balaban J connectivity index is 1.70. The molecule has 0 saturated heterocycles. The van der Waals surface area contributed by atoms with E-state index in [1.54, 1.807) is 24.5 Å². The van der Waals surface area contributed by atoms with E-state index in [9.17, 15) is 4.79 Å². The summed E-state index contributed by atoms with van der Waals surface area (Å²) in [6, 6.07) is 4.00. The summed E-state index contributed by atoms with van der Waals surface area (Å²) < 4.78 is 0. The van der Waals surface area contributed by atoms with Gasteiger partial charge in [-0.1, -0.05) is 11.3 Å². The van der Waals surface area contributed by atoms with Crippen molar-refractivity contribution < 1.29 is 4.79 Å². The van der Waals surface area contributed by atoms with Gasteiger partial charge >= 0.3 is 0 Å². The van der Waals surface area contributed by atoms with E-state index in [-0.39, 0.29) is 11.7 Å². The van der Waals surface area contributed by atoms with Gasteiger partial charge in [0.25, 0.3) is 5.91 Å². The van der Waals surface area contributed by atoms with E-state index in [2.05, 4.69) is 20.6 Å². The van der Waals surface area contributed by atoms with Crippen molar-refractivity contribution >= 4 is 33.9 Å². The van der Waals surface area contributed by atoms with Crippen LogP contribution in [0, 0.1) is 0 Å². The molecule has 2 heterocycles. The summed E-state index contributed by atoms with van der Waals surface area (Å²) in [5.74, 6) is 0.00729. The first-order valence-corrected chi connectivity index (χ1v) is 7.28. The normalized spacial score (nSPS) is 14.6. The molecule has 0 aromatic carbocycles. The predicted molar refractivity (Wildman–Crippen MR) is 80.0 cm³/mol. The lowest BCUT2D eigenvalue weighted by molar-refractivity contribution is 0.103. The summed E-state index contributed by atoms with van der Waals surface area (Å²) in [4.78, 5) is 20.7. The number of nitrogens with one attached hydrogen (secondary N) is 2. The molecule has 0 spiro atoms. The standard InChI is InChI=1S/C13H15N5OS/c14-11-10(12(19)16-9-5-2-6-15-7-9)20-13(18-11)17-8-3-1-4-8/h2,5-8H,1,3-4,14H2,(H,16,19)(H,17,18). The smallest absolute Gasteiger partial charge is 0.269 e. The van der Waals surface area contributed by atoms with Crippen molar-refractivity contribution in [2.24, 2.45) is 0 Å².